The van der Waals surface area contributed by atoms with Crippen molar-refractivity contribution in [2.75, 3.05) is 13.1 Å². The van der Waals surface area contributed by atoms with Gasteiger partial charge in [0.25, 0.3) is 0 Å². The van der Waals surface area contributed by atoms with Crippen molar-refractivity contribution in [2.24, 2.45) is 29.6 Å². The molecule has 108 valence electrons. The van der Waals surface area contributed by atoms with Crippen LogP contribution in [0.2, 0.25) is 0 Å². The second kappa shape index (κ2) is 4.80. The minimum atomic E-state index is -0.437. The molecule has 1 heterocycles. The highest BCUT2D eigenvalue weighted by atomic mass is 16.6. The molecule has 1 aliphatic heterocycles. The normalized spacial score (nSPS) is 31.1. The molecular weight excluding hydrogens is 242 g/mol. The van der Waals surface area contributed by atoms with Crippen LogP contribution >= 0.6 is 0 Å². The second-order valence-electron chi connectivity index (χ2n) is 7.26. The molecule has 0 N–H and O–H groups in total. The van der Waals surface area contributed by atoms with Crippen molar-refractivity contribution in [2.45, 2.75) is 40.2 Å². The maximum atomic E-state index is 11.8. The van der Waals surface area contributed by atoms with Crippen molar-refractivity contribution >= 4 is 12.4 Å². The number of carbonyl (C=O) groups is 2. The van der Waals surface area contributed by atoms with Crippen LogP contribution in [0.4, 0.5) is 4.79 Å². The van der Waals surface area contributed by atoms with Crippen LogP contribution in [-0.2, 0) is 9.53 Å². The van der Waals surface area contributed by atoms with Gasteiger partial charge in [0.05, 0.1) is 0 Å². The molecule has 1 saturated heterocycles. The highest BCUT2D eigenvalue weighted by Gasteiger charge is 2.58. The minimum absolute atomic E-state index is 0.214. The van der Waals surface area contributed by atoms with E-state index in [0.29, 0.717) is 23.7 Å². The maximum absolute atomic E-state index is 11.8. The highest BCUT2D eigenvalue weighted by molar-refractivity contribution is 5.69. The number of carbonyl (C=O) groups excluding carboxylic acids is 2. The second-order valence-corrected chi connectivity index (χ2v) is 7.26. The van der Waals surface area contributed by atoms with E-state index in [9.17, 15) is 9.59 Å². The fourth-order valence-corrected chi connectivity index (χ4v) is 3.32. The van der Waals surface area contributed by atoms with E-state index in [0.717, 1.165) is 19.4 Å². The molecule has 0 spiro atoms. The summed E-state index contributed by atoms with van der Waals surface area (Å²) in [5.41, 5.74) is -0.437. The lowest BCUT2D eigenvalue weighted by Crippen LogP contribution is -2.52. The molecule has 0 aromatic heterocycles. The monoisotopic (exact) mass is 267 g/mol. The Kier molecular flexibility index (Phi) is 3.63. The van der Waals surface area contributed by atoms with E-state index < -0.39 is 5.60 Å². The van der Waals surface area contributed by atoms with Gasteiger partial charge in [-0.1, -0.05) is 13.8 Å². The van der Waals surface area contributed by atoms with Gasteiger partial charge in [0.2, 0.25) is 0 Å². The van der Waals surface area contributed by atoms with Gasteiger partial charge in [-0.15, -0.1) is 0 Å². The number of nitrogens with zero attached hydrogens (tertiary/aromatic N) is 1. The molecule has 0 unspecified atom stereocenters. The molecule has 0 bridgehead atoms. The summed E-state index contributed by atoms with van der Waals surface area (Å²) >= 11 is 0. The van der Waals surface area contributed by atoms with Crippen molar-refractivity contribution in [1.29, 1.82) is 0 Å². The van der Waals surface area contributed by atoms with E-state index in [-0.39, 0.29) is 12.0 Å². The molecule has 0 aromatic carbocycles. The van der Waals surface area contributed by atoms with E-state index >= 15 is 0 Å². The van der Waals surface area contributed by atoms with E-state index in [1.165, 1.54) is 0 Å². The molecular formula is C15H25NO3. The van der Waals surface area contributed by atoms with Crippen molar-refractivity contribution in [1.82, 2.24) is 4.90 Å². The van der Waals surface area contributed by atoms with Crippen LogP contribution in [-0.4, -0.2) is 36.0 Å². The lowest BCUT2D eigenvalue weighted by atomic mass is 9.91. The van der Waals surface area contributed by atoms with E-state index in [4.69, 9.17) is 4.74 Å². The summed E-state index contributed by atoms with van der Waals surface area (Å²) < 4.78 is 5.34. The van der Waals surface area contributed by atoms with Gasteiger partial charge < -0.3 is 14.4 Å². The van der Waals surface area contributed by atoms with Gasteiger partial charge in [-0.2, -0.15) is 0 Å². The predicted molar refractivity (Wildman–Crippen MR) is 72.7 cm³/mol. The Labute approximate surface area is 115 Å². The van der Waals surface area contributed by atoms with Crippen LogP contribution in [0, 0.1) is 29.6 Å². The molecule has 19 heavy (non-hydrogen) atoms. The molecule has 1 aliphatic carbocycles. The number of hydrogen-bond acceptors (Lipinski definition) is 3. The summed E-state index contributed by atoms with van der Waals surface area (Å²) in [5, 5.41) is 0. The first kappa shape index (κ1) is 14.4. The summed E-state index contributed by atoms with van der Waals surface area (Å²) in [4.78, 5) is 24.6. The summed E-state index contributed by atoms with van der Waals surface area (Å²) in [6.45, 7) is 11.5. The van der Waals surface area contributed by atoms with Gasteiger partial charge in [-0.25, -0.2) is 4.79 Å². The van der Waals surface area contributed by atoms with Gasteiger partial charge in [0.15, 0.2) is 0 Å². The summed E-state index contributed by atoms with van der Waals surface area (Å²) in [7, 11) is 0. The molecule has 2 rings (SSSR count). The first-order chi connectivity index (χ1) is 8.74. The number of ether oxygens (including phenoxy) is 1. The smallest absolute Gasteiger partial charge is 0.410 e. The molecule has 3 atom stereocenters. The predicted octanol–water partition coefficient (Wildman–Crippen LogP) is 2.57. The number of rotatable bonds is 3. The molecule has 0 radical (unpaired) electrons. The summed E-state index contributed by atoms with van der Waals surface area (Å²) in [6, 6.07) is 0. The van der Waals surface area contributed by atoms with Crippen molar-refractivity contribution in [3.05, 3.63) is 0 Å². The molecule has 0 aromatic rings. The molecule has 1 amide bonds. The third-order valence-electron chi connectivity index (χ3n) is 4.23. The third-order valence-corrected chi connectivity index (χ3v) is 4.23. The van der Waals surface area contributed by atoms with Crippen LogP contribution in [0.25, 0.3) is 0 Å². The van der Waals surface area contributed by atoms with Gasteiger partial charge in [-0.3, -0.25) is 0 Å². The van der Waals surface area contributed by atoms with Gasteiger partial charge >= 0.3 is 6.09 Å². The zero-order chi connectivity index (χ0) is 14.4. The molecule has 2 aliphatic rings. The zero-order valence-electron chi connectivity index (χ0n) is 12.6. The number of aldehydes is 1. The largest absolute Gasteiger partial charge is 0.444 e. The van der Waals surface area contributed by atoms with E-state index in [1.54, 1.807) is 4.90 Å². The Balaban J connectivity index is 1.81. The number of amides is 1. The van der Waals surface area contributed by atoms with E-state index in [2.05, 4.69) is 13.8 Å². The summed E-state index contributed by atoms with van der Waals surface area (Å²) in [5.74, 6) is 2.25. The van der Waals surface area contributed by atoms with Crippen molar-refractivity contribution in [3.8, 4) is 0 Å². The average molecular weight is 267 g/mol. The van der Waals surface area contributed by atoms with Gasteiger partial charge in [0, 0.05) is 19.0 Å². The maximum Gasteiger partial charge on any atom is 0.410 e. The summed E-state index contributed by atoms with van der Waals surface area (Å²) in [6.07, 6.45) is 0.874. The number of likely N-dealkylation sites (tertiary alicyclic amines) is 1. The van der Waals surface area contributed by atoms with Crippen molar-refractivity contribution < 1.29 is 14.3 Å². The minimum Gasteiger partial charge on any atom is -0.444 e. The van der Waals surface area contributed by atoms with Crippen LogP contribution in [0.3, 0.4) is 0 Å². The Morgan fingerprint density at radius 3 is 2.26 bits per heavy atom. The Hall–Kier alpha value is -1.06. The van der Waals surface area contributed by atoms with Crippen molar-refractivity contribution in [3.63, 3.8) is 0 Å². The lowest BCUT2D eigenvalue weighted by Gasteiger charge is -2.40. The van der Waals surface area contributed by atoms with E-state index in [1.807, 2.05) is 20.8 Å². The highest BCUT2D eigenvalue weighted by Crippen LogP contribution is 2.55. The molecule has 4 heteroatoms. The van der Waals surface area contributed by atoms with Gasteiger partial charge in [-0.05, 0) is 44.4 Å². The first-order valence-corrected chi connectivity index (χ1v) is 7.18. The fourth-order valence-electron chi connectivity index (χ4n) is 3.32. The van der Waals surface area contributed by atoms with Gasteiger partial charge in [0.1, 0.15) is 11.9 Å². The first-order valence-electron chi connectivity index (χ1n) is 7.18. The molecule has 2 fully saturated rings. The SMILES string of the molecule is CC(C)[C@@H]1[C@@H](C=O)[C@H]1C1CN(C(=O)OC(C)(C)C)C1. The Bertz CT molecular complexity index is 366. The van der Waals surface area contributed by atoms with Crippen LogP contribution in [0.15, 0.2) is 0 Å². The number of hydrogen-bond donors (Lipinski definition) is 0. The van der Waals surface area contributed by atoms with Crippen LogP contribution in [0.5, 0.6) is 0 Å². The topological polar surface area (TPSA) is 46.6 Å². The zero-order valence-corrected chi connectivity index (χ0v) is 12.6. The Morgan fingerprint density at radius 1 is 1.32 bits per heavy atom. The molecule has 1 saturated carbocycles. The quantitative estimate of drug-likeness (QED) is 0.738. The average Bonchev–Trinajstić information content (AvgIpc) is 2.86. The van der Waals surface area contributed by atoms with Crippen LogP contribution in [0.1, 0.15) is 34.6 Å². The molecule has 4 nitrogen and oxygen atoms in total. The Morgan fingerprint density at radius 2 is 1.89 bits per heavy atom. The fraction of sp³-hybridized carbons (Fsp3) is 0.867. The third kappa shape index (κ3) is 2.93. The van der Waals surface area contributed by atoms with Crippen LogP contribution < -0.4 is 0 Å². The standard InChI is InChI=1S/C15H25NO3/c1-9(2)12-11(8-17)13(12)10-6-16(7-10)14(18)19-15(3,4)5/h8-13H,6-7H2,1-5H3/t11-,12-,13-/m1/s1. The lowest BCUT2D eigenvalue weighted by molar-refractivity contribution is -0.109.